The van der Waals surface area contributed by atoms with Gasteiger partial charge in [0.15, 0.2) is 0 Å². The van der Waals surface area contributed by atoms with Crippen molar-refractivity contribution in [3.8, 4) is 5.75 Å². The molecule has 0 saturated heterocycles. The van der Waals surface area contributed by atoms with Gasteiger partial charge in [-0.2, -0.15) is 0 Å². The van der Waals surface area contributed by atoms with E-state index in [4.69, 9.17) is 27.9 Å². The molecule has 0 bridgehead atoms. The van der Waals surface area contributed by atoms with E-state index < -0.39 is 0 Å². The second-order valence-corrected chi connectivity index (χ2v) is 6.37. The van der Waals surface area contributed by atoms with Gasteiger partial charge in [0.25, 0.3) is 0 Å². The molecule has 112 valence electrons. The van der Waals surface area contributed by atoms with Gasteiger partial charge >= 0.3 is 0 Å². The lowest BCUT2D eigenvalue weighted by atomic mass is 9.58. The first-order valence-corrected chi connectivity index (χ1v) is 8.17. The predicted molar refractivity (Wildman–Crippen MR) is 86.0 cm³/mol. The van der Waals surface area contributed by atoms with Crippen LogP contribution in [0.4, 0.5) is 0 Å². The molecule has 0 radical (unpaired) electrons. The zero-order valence-corrected chi connectivity index (χ0v) is 13.9. The minimum atomic E-state index is 0.213. The summed E-state index contributed by atoms with van der Waals surface area (Å²) >= 11 is 12.1. The molecule has 2 unspecified atom stereocenters. The molecule has 1 aliphatic rings. The van der Waals surface area contributed by atoms with E-state index in [1.54, 1.807) is 6.07 Å². The topological polar surface area (TPSA) is 21.3 Å². The van der Waals surface area contributed by atoms with Gasteiger partial charge in [-0.1, -0.05) is 44.0 Å². The minimum Gasteiger partial charge on any atom is -0.490 e. The molecule has 0 aliphatic heterocycles. The summed E-state index contributed by atoms with van der Waals surface area (Å²) in [6.45, 7) is 7.64. The fraction of sp³-hybridized carbons (Fsp3) is 0.625. The second kappa shape index (κ2) is 6.55. The molecule has 1 aromatic carbocycles. The van der Waals surface area contributed by atoms with Crippen molar-refractivity contribution >= 4 is 23.2 Å². The van der Waals surface area contributed by atoms with Crippen LogP contribution in [-0.2, 0) is 0 Å². The number of ether oxygens (including phenoxy) is 1. The van der Waals surface area contributed by atoms with E-state index in [-0.39, 0.29) is 11.5 Å². The van der Waals surface area contributed by atoms with Crippen LogP contribution in [-0.4, -0.2) is 18.7 Å². The Labute approximate surface area is 131 Å². The summed E-state index contributed by atoms with van der Waals surface area (Å²) in [5.74, 6) is 0.772. The van der Waals surface area contributed by atoms with Gasteiger partial charge in [-0.05, 0) is 37.6 Å². The van der Waals surface area contributed by atoms with Crippen LogP contribution in [0.3, 0.4) is 0 Å². The third-order valence-electron chi connectivity index (χ3n) is 4.67. The van der Waals surface area contributed by atoms with Gasteiger partial charge in [0.1, 0.15) is 11.9 Å². The van der Waals surface area contributed by atoms with Gasteiger partial charge in [0.2, 0.25) is 0 Å². The summed E-state index contributed by atoms with van der Waals surface area (Å²) in [6, 6.07) is 5.95. The molecule has 1 saturated carbocycles. The maximum atomic E-state index is 6.18. The Balaban J connectivity index is 2.13. The average molecular weight is 316 g/mol. The molecule has 1 aliphatic carbocycles. The van der Waals surface area contributed by atoms with E-state index in [0.717, 1.165) is 31.6 Å². The highest BCUT2D eigenvalue weighted by atomic mass is 35.5. The third kappa shape index (κ3) is 2.93. The summed E-state index contributed by atoms with van der Waals surface area (Å²) in [6.07, 6.45) is 3.50. The van der Waals surface area contributed by atoms with Gasteiger partial charge in [0, 0.05) is 27.9 Å². The van der Waals surface area contributed by atoms with Crippen LogP contribution in [0.1, 0.15) is 40.0 Å². The fourth-order valence-corrected chi connectivity index (χ4v) is 3.91. The third-order valence-corrected chi connectivity index (χ3v) is 5.10. The fourth-order valence-electron chi connectivity index (χ4n) is 3.40. The number of benzene rings is 1. The normalized spacial score (nSPS) is 24.2. The molecule has 1 aromatic rings. The first-order chi connectivity index (χ1) is 9.55. The Morgan fingerprint density at radius 3 is 2.25 bits per heavy atom. The van der Waals surface area contributed by atoms with Crippen molar-refractivity contribution < 1.29 is 4.74 Å². The monoisotopic (exact) mass is 315 g/mol. The molecule has 4 heteroatoms. The minimum absolute atomic E-state index is 0.213. The number of hydrogen-bond acceptors (Lipinski definition) is 2. The van der Waals surface area contributed by atoms with Gasteiger partial charge in [-0.15, -0.1) is 0 Å². The van der Waals surface area contributed by atoms with Crippen molar-refractivity contribution in [1.82, 2.24) is 5.32 Å². The Bertz CT molecular complexity index is 440. The van der Waals surface area contributed by atoms with Crippen LogP contribution in [0, 0.1) is 5.41 Å². The Morgan fingerprint density at radius 2 is 1.75 bits per heavy atom. The molecule has 0 heterocycles. The second-order valence-electron chi connectivity index (χ2n) is 5.50. The Morgan fingerprint density at radius 1 is 1.15 bits per heavy atom. The zero-order valence-electron chi connectivity index (χ0n) is 12.4. The number of rotatable bonds is 6. The van der Waals surface area contributed by atoms with Crippen molar-refractivity contribution in [2.24, 2.45) is 5.41 Å². The molecule has 20 heavy (non-hydrogen) atoms. The lowest BCUT2D eigenvalue weighted by Gasteiger charge is -2.55. The standard InChI is InChI=1S/C16H23Cl2NO/c1-4-16(5-2)14(19-6-3)10-15(16)20-13-8-11(17)7-12(18)9-13/h7-9,14-15,19H,4-6,10H2,1-3H3. The van der Waals surface area contributed by atoms with Crippen molar-refractivity contribution in [3.05, 3.63) is 28.2 Å². The predicted octanol–water partition coefficient (Wildman–Crippen LogP) is 4.93. The molecule has 0 amide bonds. The maximum absolute atomic E-state index is 6.18. The van der Waals surface area contributed by atoms with Crippen LogP contribution in [0.2, 0.25) is 10.0 Å². The summed E-state index contributed by atoms with van der Waals surface area (Å²) in [5.41, 5.74) is 0.213. The summed E-state index contributed by atoms with van der Waals surface area (Å²) in [5, 5.41) is 4.82. The SMILES string of the molecule is CCNC1CC(Oc2cc(Cl)cc(Cl)c2)C1(CC)CC. The molecular weight excluding hydrogens is 293 g/mol. The molecule has 1 fully saturated rings. The molecule has 1 N–H and O–H groups in total. The van der Waals surface area contributed by atoms with Gasteiger partial charge in [0.05, 0.1) is 0 Å². The first kappa shape index (κ1) is 15.9. The van der Waals surface area contributed by atoms with E-state index in [1.165, 1.54) is 0 Å². The molecule has 2 nitrogen and oxygen atoms in total. The van der Waals surface area contributed by atoms with E-state index in [9.17, 15) is 0 Å². The summed E-state index contributed by atoms with van der Waals surface area (Å²) in [4.78, 5) is 0. The van der Waals surface area contributed by atoms with Crippen molar-refractivity contribution in [2.45, 2.75) is 52.2 Å². The van der Waals surface area contributed by atoms with Crippen LogP contribution in [0.25, 0.3) is 0 Å². The smallest absolute Gasteiger partial charge is 0.122 e. The molecule has 2 atom stereocenters. The largest absolute Gasteiger partial charge is 0.490 e. The van der Waals surface area contributed by atoms with Crippen LogP contribution in [0.15, 0.2) is 18.2 Å². The first-order valence-electron chi connectivity index (χ1n) is 7.41. The highest BCUT2D eigenvalue weighted by molar-refractivity contribution is 6.34. The van der Waals surface area contributed by atoms with Gasteiger partial charge in [-0.25, -0.2) is 0 Å². The van der Waals surface area contributed by atoms with Gasteiger partial charge in [-0.3, -0.25) is 0 Å². The summed E-state index contributed by atoms with van der Waals surface area (Å²) < 4.78 is 6.18. The van der Waals surface area contributed by atoms with E-state index in [2.05, 4.69) is 26.1 Å². The van der Waals surface area contributed by atoms with Gasteiger partial charge < -0.3 is 10.1 Å². The highest BCUT2D eigenvalue weighted by Gasteiger charge is 2.53. The van der Waals surface area contributed by atoms with Crippen LogP contribution in [0.5, 0.6) is 5.75 Å². The van der Waals surface area contributed by atoms with Crippen molar-refractivity contribution in [3.63, 3.8) is 0 Å². The van der Waals surface area contributed by atoms with E-state index in [0.29, 0.717) is 16.1 Å². The number of nitrogens with one attached hydrogen (secondary N) is 1. The molecule has 0 spiro atoms. The van der Waals surface area contributed by atoms with Crippen molar-refractivity contribution in [2.75, 3.05) is 6.54 Å². The van der Waals surface area contributed by atoms with E-state index >= 15 is 0 Å². The molecular formula is C16H23Cl2NO. The molecule has 0 aromatic heterocycles. The quantitative estimate of drug-likeness (QED) is 0.803. The zero-order chi connectivity index (χ0) is 14.8. The van der Waals surface area contributed by atoms with Crippen LogP contribution >= 0.6 is 23.2 Å². The summed E-state index contributed by atoms with van der Waals surface area (Å²) in [7, 11) is 0. The molecule has 2 rings (SSSR count). The Kier molecular flexibility index (Phi) is 5.22. The number of hydrogen-bond donors (Lipinski definition) is 1. The lowest BCUT2D eigenvalue weighted by Crippen LogP contribution is -2.64. The highest BCUT2D eigenvalue weighted by Crippen LogP contribution is 2.49. The Hall–Kier alpha value is -0.440. The lowest BCUT2D eigenvalue weighted by molar-refractivity contribution is -0.0854. The average Bonchev–Trinajstić information content (AvgIpc) is 2.38. The van der Waals surface area contributed by atoms with E-state index in [1.807, 2.05) is 12.1 Å². The maximum Gasteiger partial charge on any atom is 0.122 e. The van der Waals surface area contributed by atoms with Crippen LogP contribution < -0.4 is 10.1 Å². The van der Waals surface area contributed by atoms with Crippen molar-refractivity contribution in [1.29, 1.82) is 0 Å². The number of halogens is 2.